The number of imidazole rings is 1. The number of nitrogens with zero attached hydrogens (tertiary/aromatic N) is 6. The highest BCUT2D eigenvalue weighted by Gasteiger charge is 2.20. The number of hydrogen-bond acceptors (Lipinski definition) is 9. The lowest BCUT2D eigenvalue weighted by atomic mass is 10.2. The molecule has 174 valence electrons. The lowest BCUT2D eigenvalue weighted by molar-refractivity contribution is 0.122. The largest absolute Gasteiger partial charge is 0.378 e. The predicted molar refractivity (Wildman–Crippen MR) is 132 cm³/mol. The molecule has 3 aromatic heterocycles. The molecule has 4 N–H and O–H groups in total. The number of hydrogen-bond donors (Lipinski definition) is 3. The molecule has 0 radical (unpaired) electrons. The number of H-pyrrole nitrogens is 1. The number of nitrogens with one attached hydrogen (secondary N) is 2. The van der Waals surface area contributed by atoms with Gasteiger partial charge in [-0.1, -0.05) is 0 Å². The van der Waals surface area contributed by atoms with Crippen LogP contribution < -0.4 is 20.9 Å². The average molecular weight is 458 g/mol. The number of morpholine rings is 1. The van der Waals surface area contributed by atoms with Crippen molar-refractivity contribution >= 4 is 34.3 Å². The number of fused-ring (bicyclic) bond motifs is 1. The monoisotopic (exact) mass is 457 g/mol. The molecule has 2 saturated heterocycles. The molecule has 10 nitrogen and oxygen atoms in total. The fourth-order valence-corrected chi connectivity index (χ4v) is 4.51. The number of aromatic amines is 1. The minimum Gasteiger partial charge on any atom is -0.378 e. The van der Waals surface area contributed by atoms with E-state index in [0.29, 0.717) is 11.6 Å². The third-order valence-electron chi connectivity index (χ3n) is 6.36. The molecule has 1 aromatic carbocycles. The fraction of sp³-hybridized carbons (Fsp3) is 0.333. The number of rotatable bonds is 5. The van der Waals surface area contributed by atoms with Crippen molar-refractivity contribution < 1.29 is 4.74 Å². The molecule has 0 saturated carbocycles. The molecule has 1 atom stereocenters. The van der Waals surface area contributed by atoms with Gasteiger partial charge in [-0.05, 0) is 42.8 Å². The topological polar surface area (TPSA) is 121 Å². The van der Waals surface area contributed by atoms with Crippen LogP contribution in [-0.4, -0.2) is 70.4 Å². The number of pyridine rings is 1. The van der Waals surface area contributed by atoms with Crippen LogP contribution in [-0.2, 0) is 4.74 Å². The molecule has 34 heavy (non-hydrogen) atoms. The Hall–Kier alpha value is -3.76. The van der Waals surface area contributed by atoms with Crippen molar-refractivity contribution in [3.8, 4) is 11.3 Å². The summed E-state index contributed by atoms with van der Waals surface area (Å²) in [4.78, 5) is 26.1. The van der Waals surface area contributed by atoms with Gasteiger partial charge < -0.3 is 30.6 Å². The normalized spacial score (nSPS) is 18.6. The molecule has 0 bridgehead atoms. The molecule has 10 heteroatoms. The van der Waals surface area contributed by atoms with Crippen molar-refractivity contribution in [1.82, 2.24) is 24.9 Å². The van der Waals surface area contributed by atoms with E-state index in [1.807, 2.05) is 30.5 Å². The summed E-state index contributed by atoms with van der Waals surface area (Å²) in [7, 11) is 0. The van der Waals surface area contributed by atoms with Gasteiger partial charge in [-0.3, -0.25) is 0 Å². The molecule has 1 unspecified atom stereocenters. The van der Waals surface area contributed by atoms with E-state index in [9.17, 15) is 0 Å². The Bertz CT molecular complexity index is 1270. The van der Waals surface area contributed by atoms with E-state index in [0.717, 1.165) is 74.1 Å². The Kier molecular flexibility index (Phi) is 5.44. The fourth-order valence-electron chi connectivity index (χ4n) is 4.51. The second-order valence-electron chi connectivity index (χ2n) is 8.67. The lowest BCUT2D eigenvalue weighted by Crippen LogP contribution is -2.36. The third kappa shape index (κ3) is 4.13. The molecule has 0 amide bonds. The van der Waals surface area contributed by atoms with Gasteiger partial charge in [-0.15, -0.1) is 0 Å². The summed E-state index contributed by atoms with van der Waals surface area (Å²) in [6, 6.07) is 12.6. The van der Waals surface area contributed by atoms with Gasteiger partial charge in [0.15, 0.2) is 5.65 Å². The van der Waals surface area contributed by atoms with E-state index in [1.54, 1.807) is 6.33 Å². The zero-order valence-corrected chi connectivity index (χ0v) is 18.8. The summed E-state index contributed by atoms with van der Waals surface area (Å²) in [5.41, 5.74) is 11.2. The number of ether oxygens (including phenoxy) is 1. The quantitative estimate of drug-likeness (QED) is 0.415. The molecule has 5 heterocycles. The maximum Gasteiger partial charge on any atom is 0.229 e. The maximum atomic E-state index is 6.05. The summed E-state index contributed by atoms with van der Waals surface area (Å²) in [6.07, 6.45) is 4.48. The van der Waals surface area contributed by atoms with Crippen LogP contribution in [0.2, 0.25) is 0 Å². The van der Waals surface area contributed by atoms with Crippen molar-refractivity contribution in [2.45, 2.75) is 12.5 Å². The standard InChI is InChI=1S/C24H27N9O/c25-17-7-8-33(14-17)20-6-1-16(13-26-20)21-22-23(28-15-27-22)31-24(30-21)29-18-2-4-19(5-3-18)32-9-11-34-12-10-32/h1-6,13,15,17H,7-12,14,25H2,(H2,27,28,29,30,31). The summed E-state index contributed by atoms with van der Waals surface area (Å²) in [5.74, 6) is 1.42. The maximum absolute atomic E-state index is 6.05. The van der Waals surface area contributed by atoms with E-state index >= 15 is 0 Å². The van der Waals surface area contributed by atoms with Gasteiger partial charge in [0.05, 0.1) is 19.5 Å². The van der Waals surface area contributed by atoms with E-state index in [2.05, 4.69) is 47.2 Å². The SMILES string of the molecule is NC1CCN(c2ccc(-c3nc(Nc4ccc(N5CCOCC5)cc4)nc4nc[nH]c34)cn2)C1. The molecule has 2 aliphatic heterocycles. The van der Waals surface area contributed by atoms with Crippen molar-refractivity contribution in [1.29, 1.82) is 0 Å². The van der Waals surface area contributed by atoms with Gasteiger partial charge in [-0.2, -0.15) is 4.98 Å². The highest BCUT2D eigenvalue weighted by atomic mass is 16.5. The van der Waals surface area contributed by atoms with Gasteiger partial charge >= 0.3 is 0 Å². The predicted octanol–water partition coefficient (Wildman–Crippen LogP) is 2.53. The van der Waals surface area contributed by atoms with Crippen molar-refractivity contribution in [2.75, 3.05) is 54.5 Å². The second-order valence-corrected chi connectivity index (χ2v) is 8.67. The summed E-state index contributed by atoms with van der Waals surface area (Å²) >= 11 is 0. The molecule has 0 spiro atoms. The minimum atomic E-state index is 0.213. The van der Waals surface area contributed by atoms with Crippen molar-refractivity contribution in [3.05, 3.63) is 48.9 Å². The molecule has 0 aliphatic carbocycles. The Morgan fingerprint density at radius 1 is 0.971 bits per heavy atom. The van der Waals surface area contributed by atoms with Crippen LogP contribution in [0.3, 0.4) is 0 Å². The summed E-state index contributed by atoms with van der Waals surface area (Å²) in [5, 5.41) is 3.33. The van der Waals surface area contributed by atoms with Crippen molar-refractivity contribution in [3.63, 3.8) is 0 Å². The van der Waals surface area contributed by atoms with Crippen molar-refractivity contribution in [2.24, 2.45) is 5.73 Å². The van der Waals surface area contributed by atoms with Gasteiger partial charge in [0.1, 0.15) is 17.0 Å². The second kappa shape index (κ2) is 8.88. The molecule has 6 rings (SSSR count). The van der Waals surface area contributed by atoms with Gasteiger partial charge in [-0.25, -0.2) is 15.0 Å². The van der Waals surface area contributed by atoms with E-state index < -0.39 is 0 Å². The number of anilines is 4. The van der Waals surface area contributed by atoms with E-state index in [-0.39, 0.29) is 6.04 Å². The zero-order valence-electron chi connectivity index (χ0n) is 18.8. The average Bonchev–Trinajstić information content (AvgIpc) is 3.54. The first-order valence-corrected chi connectivity index (χ1v) is 11.6. The molecular formula is C24H27N9O. The van der Waals surface area contributed by atoms with E-state index in [1.165, 1.54) is 5.69 Å². The third-order valence-corrected chi connectivity index (χ3v) is 6.36. The van der Waals surface area contributed by atoms with Crippen LogP contribution >= 0.6 is 0 Å². The van der Waals surface area contributed by atoms with Crippen LogP contribution in [0.1, 0.15) is 6.42 Å². The van der Waals surface area contributed by atoms with Crippen LogP contribution in [0.15, 0.2) is 48.9 Å². The molecule has 2 aliphatic rings. The molecule has 4 aromatic rings. The Morgan fingerprint density at radius 3 is 2.56 bits per heavy atom. The Morgan fingerprint density at radius 2 is 1.82 bits per heavy atom. The van der Waals surface area contributed by atoms with Gasteiger partial charge in [0.2, 0.25) is 5.95 Å². The van der Waals surface area contributed by atoms with Crippen LogP contribution in [0.4, 0.5) is 23.1 Å². The minimum absolute atomic E-state index is 0.213. The molecular weight excluding hydrogens is 430 g/mol. The first-order chi connectivity index (χ1) is 16.7. The zero-order chi connectivity index (χ0) is 22.9. The van der Waals surface area contributed by atoms with Crippen LogP contribution in [0.25, 0.3) is 22.4 Å². The van der Waals surface area contributed by atoms with Gasteiger partial charge in [0, 0.05) is 55.4 Å². The Labute approximate surface area is 197 Å². The smallest absolute Gasteiger partial charge is 0.229 e. The first-order valence-electron chi connectivity index (χ1n) is 11.6. The number of benzene rings is 1. The van der Waals surface area contributed by atoms with E-state index in [4.69, 9.17) is 15.5 Å². The van der Waals surface area contributed by atoms with Crippen LogP contribution in [0.5, 0.6) is 0 Å². The van der Waals surface area contributed by atoms with Crippen LogP contribution in [0, 0.1) is 0 Å². The Balaban J connectivity index is 1.25. The highest BCUT2D eigenvalue weighted by molar-refractivity contribution is 5.88. The summed E-state index contributed by atoms with van der Waals surface area (Å²) in [6.45, 7) is 5.12. The summed E-state index contributed by atoms with van der Waals surface area (Å²) < 4.78 is 5.45. The number of aromatic nitrogens is 5. The van der Waals surface area contributed by atoms with Gasteiger partial charge in [0.25, 0.3) is 0 Å². The highest BCUT2D eigenvalue weighted by Crippen LogP contribution is 2.28. The molecule has 2 fully saturated rings. The number of nitrogens with two attached hydrogens (primary N) is 1. The lowest BCUT2D eigenvalue weighted by Gasteiger charge is -2.28. The first kappa shape index (κ1) is 20.8.